The van der Waals surface area contributed by atoms with E-state index >= 15 is 0 Å². The predicted molar refractivity (Wildman–Crippen MR) is 122 cm³/mol. The van der Waals surface area contributed by atoms with Crippen LogP contribution in [0, 0.1) is 6.92 Å². The molecule has 0 aliphatic rings. The van der Waals surface area contributed by atoms with Crippen LogP contribution in [-0.2, 0) is 26.1 Å². The van der Waals surface area contributed by atoms with Crippen LogP contribution in [0.5, 0.6) is 0 Å². The maximum absolute atomic E-state index is 13.2. The first-order valence-corrected chi connectivity index (χ1v) is 12.1. The van der Waals surface area contributed by atoms with Crippen molar-refractivity contribution in [3.8, 4) is 0 Å². The van der Waals surface area contributed by atoms with E-state index in [9.17, 15) is 13.2 Å². The van der Waals surface area contributed by atoms with Crippen LogP contribution in [-0.4, -0.2) is 44.4 Å². The molecule has 0 aromatic heterocycles. The minimum atomic E-state index is -3.84. The molecule has 0 saturated heterocycles. The topological polar surface area (TPSA) is 75.7 Å². The zero-order valence-electron chi connectivity index (χ0n) is 17.6. The summed E-state index contributed by atoms with van der Waals surface area (Å²) in [6, 6.07) is 14.0. The Balaban J connectivity index is 2.11. The molecule has 0 bridgehead atoms. The van der Waals surface area contributed by atoms with Crippen LogP contribution in [0.4, 0.5) is 0 Å². The van der Waals surface area contributed by atoms with Crippen LogP contribution >= 0.6 is 15.9 Å². The lowest BCUT2D eigenvalue weighted by Gasteiger charge is -2.22. The van der Waals surface area contributed by atoms with Crippen LogP contribution in [0.2, 0.25) is 0 Å². The quantitative estimate of drug-likeness (QED) is 0.479. The number of rotatable bonds is 11. The van der Waals surface area contributed by atoms with Gasteiger partial charge in [0.1, 0.15) is 0 Å². The van der Waals surface area contributed by atoms with Gasteiger partial charge in [-0.05, 0) is 57.0 Å². The van der Waals surface area contributed by atoms with Crippen molar-refractivity contribution >= 4 is 31.9 Å². The fourth-order valence-electron chi connectivity index (χ4n) is 2.71. The number of nitrogens with one attached hydrogen (secondary N) is 1. The third kappa shape index (κ3) is 7.83. The predicted octanol–water partition coefficient (Wildman–Crippen LogP) is 3.88. The minimum absolute atomic E-state index is 0.114. The van der Waals surface area contributed by atoms with Crippen molar-refractivity contribution in [1.29, 1.82) is 0 Å². The lowest BCUT2D eigenvalue weighted by atomic mass is 10.1. The van der Waals surface area contributed by atoms with Gasteiger partial charge < -0.3 is 10.1 Å². The van der Waals surface area contributed by atoms with Gasteiger partial charge in [0.05, 0.1) is 17.5 Å². The van der Waals surface area contributed by atoms with Crippen molar-refractivity contribution < 1.29 is 17.9 Å². The second kappa shape index (κ2) is 11.6. The Morgan fingerprint density at radius 1 is 1.10 bits per heavy atom. The van der Waals surface area contributed by atoms with E-state index in [2.05, 4.69) is 21.2 Å². The number of aryl methyl sites for hydroxylation is 1. The molecule has 1 N–H and O–H groups in total. The molecule has 0 atom stereocenters. The van der Waals surface area contributed by atoms with Crippen LogP contribution < -0.4 is 5.32 Å². The lowest BCUT2D eigenvalue weighted by Crippen LogP contribution is -2.40. The van der Waals surface area contributed by atoms with E-state index in [0.717, 1.165) is 15.6 Å². The Bertz CT molecular complexity index is 913. The van der Waals surface area contributed by atoms with E-state index in [-0.39, 0.29) is 30.0 Å². The SMILES string of the molecule is Cc1ccc(CN(CC(=O)NCCCOC(C)C)S(=O)(=O)c2ccc(Br)cc2)cc1. The van der Waals surface area contributed by atoms with Gasteiger partial charge in [0.25, 0.3) is 0 Å². The number of ether oxygens (including phenoxy) is 1. The number of amides is 1. The standard InChI is InChI=1S/C22H29BrN2O4S/c1-17(2)29-14-4-13-24-22(26)16-25(15-19-7-5-18(3)6-8-19)30(27,28)21-11-9-20(23)10-12-21/h5-12,17H,4,13-16H2,1-3H3,(H,24,26). The van der Waals surface area contributed by atoms with Gasteiger partial charge in [-0.15, -0.1) is 0 Å². The first-order chi connectivity index (χ1) is 14.2. The van der Waals surface area contributed by atoms with Crippen molar-refractivity contribution in [2.45, 2.75) is 44.7 Å². The second-order valence-corrected chi connectivity index (χ2v) is 10.2. The van der Waals surface area contributed by atoms with Gasteiger partial charge in [-0.2, -0.15) is 4.31 Å². The molecule has 30 heavy (non-hydrogen) atoms. The van der Waals surface area contributed by atoms with Crippen molar-refractivity contribution in [2.24, 2.45) is 0 Å². The number of benzene rings is 2. The average Bonchev–Trinajstić information content (AvgIpc) is 2.69. The molecular weight excluding hydrogens is 468 g/mol. The number of carbonyl (C=O) groups excluding carboxylic acids is 1. The van der Waals surface area contributed by atoms with E-state index in [1.54, 1.807) is 12.1 Å². The molecule has 164 valence electrons. The number of nitrogens with zero attached hydrogens (tertiary/aromatic N) is 1. The fraction of sp³-hybridized carbons (Fsp3) is 0.409. The van der Waals surface area contributed by atoms with Gasteiger partial charge >= 0.3 is 0 Å². The fourth-order valence-corrected chi connectivity index (χ4v) is 4.36. The van der Waals surface area contributed by atoms with Crippen LogP contribution in [0.3, 0.4) is 0 Å². The maximum atomic E-state index is 13.2. The van der Waals surface area contributed by atoms with Gasteiger partial charge in [0.15, 0.2) is 0 Å². The van der Waals surface area contributed by atoms with E-state index < -0.39 is 10.0 Å². The normalized spacial score (nSPS) is 11.8. The van der Waals surface area contributed by atoms with Crippen molar-refractivity contribution in [3.63, 3.8) is 0 Å². The largest absolute Gasteiger partial charge is 0.379 e. The third-order valence-electron chi connectivity index (χ3n) is 4.35. The number of sulfonamides is 1. The van der Waals surface area contributed by atoms with E-state index in [0.29, 0.717) is 19.6 Å². The van der Waals surface area contributed by atoms with Gasteiger partial charge in [-0.3, -0.25) is 4.79 Å². The summed E-state index contributed by atoms with van der Waals surface area (Å²) < 4.78 is 33.9. The lowest BCUT2D eigenvalue weighted by molar-refractivity contribution is -0.121. The summed E-state index contributed by atoms with van der Waals surface area (Å²) in [4.78, 5) is 12.6. The summed E-state index contributed by atoms with van der Waals surface area (Å²) in [5, 5.41) is 2.78. The van der Waals surface area contributed by atoms with E-state index in [1.807, 2.05) is 45.0 Å². The van der Waals surface area contributed by atoms with Gasteiger partial charge in [0, 0.05) is 24.2 Å². The number of hydrogen-bond donors (Lipinski definition) is 1. The van der Waals surface area contributed by atoms with Gasteiger partial charge in [-0.1, -0.05) is 45.8 Å². The molecule has 0 saturated carbocycles. The molecule has 0 aliphatic carbocycles. The van der Waals surface area contributed by atoms with Crippen molar-refractivity contribution in [1.82, 2.24) is 9.62 Å². The van der Waals surface area contributed by atoms with Crippen LogP contribution in [0.15, 0.2) is 57.9 Å². The maximum Gasteiger partial charge on any atom is 0.243 e. The Hall–Kier alpha value is -1.74. The molecular formula is C22H29BrN2O4S. The van der Waals surface area contributed by atoms with Gasteiger partial charge in [-0.25, -0.2) is 8.42 Å². The van der Waals surface area contributed by atoms with Crippen molar-refractivity contribution in [3.05, 3.63) is 64.1 Å². The highest BCUT2D eigenvalue weighted by molar-refractivity contribution is 9.10. The van der Waals surface area contributed by atoms with E-state index in [1.165, 1.54) is 16.4 Å². The number of halogens is 1. The van der Waals surface area contributed by atoms with Crippen LogP contribution in [0.25, 0.3) is 0 Å². The Morgan fingerprint density at radius 2 is 1.73 bits per heavy atom. The highest BCUT2D eigenvalue weighted by Crippen LogP contribution is 2.21. The Kier molecular flexibility index (Phi) is 9.48. The summed E-state index contributed by atoms with van der Waals surface area (Å²) in [7, 11) is -3.84. The highest BCUT2D eigenvalue weighted by atomic mass is 79.9. The molecule has 1 amide bonds. The van der Waals surface area contributed by atoms with E-state index in [4.69, 9.17) is 4.74 Å². The second-order valence-electron chi connectivity index (χ2n) is 7.34. The molecule has 8 heteroatoms. The summed E-state index contributed by atoms with van der Waals surface area (Å²) in [5.41, 5.74) is 1.90. The molecule has 2 rings (SSSR count). The molecule has 2 aromatic carbocycles. The molecule has 2 aromatic rings. The first-order valence-electron chi connectivity index (χ1n) is 9.88. The number of hydrogen-bond acceptors (Lipinski definition) is 4. The molecule has 0 spiro atoms. The molecule has 0 radical (unpaired) electrons. The average molecular weight is 497 g/mol. The summed E-state index contributed by atoms with van der Waals surface area (Å²) >= 11 is 3.32. The monoisotopic (exact) mass is 496 g/mol. The first kappa shape index (κ1) is 24.5. The highest BCUT2D eigenvalue weighted by Gasteiger charge is 2.26. The Labute approximate surface area is 187 Å². The molecule has 0 heterocycles. The number of carbonyl (C=O) groups is 1. The molecule has 6 nitrogen and oxygen atoms in total. The molecule has 0 aliphatic heterocycles. The summed E-state index contributed by atoms with van der Waals surface area (Å²) in [6.45, 7) is 6.71. The third-order valence-corrected chi connectivity index (χ3v) is 6.68. The Morgan fingerprint density at radius 3 is 2.33 bits per heavy atom. The van der Waals surface area contributed by atoms with Crippen LogP contribution in [0.1, 0.15) is 31.4 Å². The smallest absolute Gasteiger partial charge is 0.243 e. The molecule has 0 unspecified atom stereocenters. The molecule has 0 fully saturated rings. The minimum Gasteiger partial charge on any atom is -0.379 e. The van der Waals surface area contributed by atoms with Crippen molar-refractivity contribution in [2.75, 3.05) is 19.7 Å². The van der Waals surface area contributed by atoms with Gasteiger partial charge in [0.2, 0.25) is 15.9 Å². The summed E-state index contributed by atoms with van der Waals surface area (Å²) in [5.74, 6) is -0.340. The summed E-state index contributed by atoms with van der Waals surface area (Å²) in [6.07, 6.45) is 0.809. The zero-order chi connectivity index (χ0) is 22.1. The zero-order valence-corrected chi connectivity index (χ0v) is 20.0.